The van der Waals surface area contributed by atoms with Gasteiger partial charge in [-0.3, -0.25) is 4.39 Å². The smallest absolute Gasteiger partial charge is 0.223 e. The van der Waals surface area contributed by atoms with E-state index in [0.29, 0.717) is 23.7 Å². The Balaban J connectivity index is 1.29. The molecule has 1 aromatic carbocycles. The van der Waals surface area contributed by atoms with Crippen LogP contribution in [0.4, 0.5) is 10.3 Å². The molecule has 0 bridgehead atoms. The molecule has 0 aliphatic heterocycles. The first-order chi connectivity index (χ1) is 16.1. The van der Waals surface area contributed by atoms with E-state index in [9.17, 15) is 4.39 Å². The molecule has 4 nitrogen and oxygen atoms in total. The number of hydrogen-bond donors (Lipinski definition) is 1. The second-order valence-electron chi connectivity index (χ2n) is 9.88. The van der Waals surface area contributed by atoms with E-state index in [-0.39, 0.29) is 6.67 Å². The largest absolute Gasteiger partial charge is 0.462 e. The summed E-state index contributed by atoms with van der Waals surface area (Å²) >= 11 is 0. The number of halogens is 1. The Morgan fingerprint density at radius 2 is 1.88 bits per heavy atom. The van der Waals surface area contributed by atoms with Gasteiger partial charge in [0.15, 0.2) is 0 Å². The van der Waals surface area contributed by atoms with Crippen LogP contribution in [0.1, 0.15) is 71.3 Å². The molecule has 2 aliphatic carbocycles. The van der Waals surface area contributed by atoms with E-state index in [1.54, 1.807) is 0 Å². The van der Waals surface area contributed by atoms with Crippen molar-refractivity contribution in [3.05, 3.63) is 47.9 Å². The summed E-state index contributed by atoms with van der Waals surface area (Å²) in [6.07, 6.45) is 14.6. The summed E-state index contributed by atoms with van der Waals surface area (Å²) in [6, 6.07) is 6.17. The Labute approximate surface area is 197 Å². The zero-order valence-electron chi connectivity index (χ0n) is 20.3. The van der Waals surface area contributed by atoms with Gasteiger partial charge in [0.1, 0.15) is 5.76 Å². The fraction of sp³-hybridized carbons (Fsp3) is 0.571. The van der Waals surface area contributed by atoms with Crippen LogP contribution >= 0.6 is 0 Å². The third-order valence-electron chi connectivity index (χ3n) is 7.54. The maximum absolute atomic E-state index is 12.7. The van der Waals surface area contributed by atoms with E-state index in [1.807, 2.05) is 45.2 Å². The molecule has 2 aromatic rings. The molecule has 1 N–H and O–H groups in total. The van der Waals surface area contributed by atoms with Crippen molar-refractivity contribution < 1.29 is 9.13 Å². The number of benzene rings is 1. The summed E-state index contributed by atoms with van der Waals surface area (Å²) in [4.78, 5) is 9.30. The van der Waals surface area contributed by atoms with Gasteiger partial charge in [-0.1, -0.05) is 31.4 Å². The van der Waals surface area contributed by atoms with Crippen molar-refractivity contribution in [1.29, 1.82) is 0 Å². The Hall–Kier alpha value is -2.43. The highest BCUT2D eigenvalue weighted by molar-refractivity contribution is 5.82. The number of alkyl halides is 1. The maximum atomic E-state index is 12.7. The molecule has 0 spiro atoms. The normalized spacial score (nSPS) is 25.8. The van der Waals surface area contributed by atoms with Gasteiger partial charge in [-0.05, 0) is 88.3 Å². The highest BCUT2D eigenvalue weighted by atomic mass is 19.1. The second kappa shape index (κ2) is 11.1. The van der Waals surface area contributed by atoms with Crippen LogP contribution < -0.4 is 5.32 Å². The fourth-order valence-corrected chi connectivity index (χ4v) is 5.04. The summed E-state index contributed by atoms with van der Waals surface area (Å²) in [5, 5.41) is 4.50. The topological polar surface area (TPSA) is 47.0 Å². The van der Waals surface area contributed by atoms with Crippen LogP contribution in [0.15, 0.2) is 42.3 Å². The molecular weight excluding hydrogens is 413 g/mol. The molecule has 1 heterocycles. The third kappa shape index (κ3) is 6.33. The van der Waals surface area contributed by atoms with Gasteiger partial charge in [0.05, 0.1) is 18.0 Å². The molecule has 0 saturated heterocycles. The molecule has 2 atom stereocenters. The van der Waals surface area contributed by atoms with E-state index in [2.05, 4.69) is 22.4 Å². The number of ether oxygens (including phenoxy) is 1. The van der Waals surface area contributed by atoms with E-state index in [1.165, 1.54) is 38.5 Å². The Morgan fingerprint density at radius 1 is 1.09 bits per heavy atom. The van der Waals surface area contributed by atoms with Gasteiger partial charge in [0.2, 0.25) is 5.95 Å². The number of nitrogens with one attached hydrogen (secondary N) is 1. The monoisotopic (exact) mass is 451 g/mol. The maximum Gasteiger partial charge on any atom is 0.223 e. The highest BCUT2D eigenvalue weighted by Gasteiger charge is 2.36. The SMILES string of the molecule is C/C=C(\O/C(C)=C/C)c1ccc2cnc(NCC3CCC(CCC4CC4CF)CC3)nc2c1. The van der Waals surface area contributed by atoms with Gasteiger partial charge >= 0.3 is 0 Å². The molecule has 178 valence electrons. The van der Waals surface area contributed by atoms with Crippen LogP contribution in [0.25, 0.3) is 16.7 Å². The summed E-state index contributed by atoms with van der Waals surface area (Å²) in [5.41, 5.74) is 1.93. The van der Waals surface area contributed by atoms with Gasteiger partial charge in [-0.2, -0.15) is 0 Å². The number of hydrogen-bond acceptors (Lipinski definition) is 4. The number of fused-ring (bicyclic) bond motifs is 1. The lowest BCUT2D eigenvalue weighted by molar-refractivity contribution is 0.263. The molecule has 0 amide bonds. The Kier molecular flexibility index (Phi) is 8.00. The number of anilines is 1. The van der Waals surface area contributed by atoms with Crippen molar-refractivity contribution in [3.8, 4) is 0 Å². The average Bonchev–Trinajstić information content (AvgIpc) is 3.63. The number of nitrogens with zero attached hydrogens (tertiary/aromatic N) is 2. The van der Waals surface area contributed by atoms with Gasteiger partial charge in [-0.25, -0.2) is 9.97 Å². The van der Waals surface area contributed by atoms with E-state index < -0.39 is 0 Å². The molecule has 1 aromatic heterocycles. The summed E-state index contributed by atoms with van der Waals surface area (Å²) < 4.78 is 18.6. The van der Waals surface area contributed by atoms with Crippen molar-refractivity contribution in [1.82, 2.24) is 9.97 Å². The first-order valence-electron chi connectivity index (χ1n) is 12.6. The molecule has 2 fully saturated rings. The fourth-order valence-electron chi connectivity index (χ4n) is 5.04. The predicted molar refractivity (Wildman–Crippen MR) is 134 cm³/mol. The molecule has 2 saturated carbocycles. The van der Waals surface area contributed by atoms with E-state index >= 15 is 0 Å². The van der Waals surface area contributed by atoms with Crippen LogP contribution in [0.5, 0.6) is 0 Å². The lowest BCUT2D eigenvalue weighted by Gasteiger charge is -2.28. The zero-order chi connectivity index (χ0) is 23.2. The van der Waals surface area contributed by atoms with Gasteiger partial charge < -0.3 is 10.1 Å². The standard InChI is InChI=1S/C28H38FN3O/c1-4-19(3)33-27(5-2)23-12-13-24-18-31-28(32-26(24)15-23)30-17-21-8-6-20(7-9-21)10-11-22-14-25(22)16-29/h4-5,12-13,15,18,20-22,25H,6-11,14,16-17H2,1-3H3,(H,30,31,32)/b19-4+,27-5-. The molecule has 2 aliphatic rings. The number of rotatable bonds is 10. The van der Waals surface area contributed by atoms with Gasteiger partial charge in [0.25, 0.3) is 0 Å². The van der Waals surface area contributed by atoms with Crippen LogP contribution in [-0.2, 0) is 4.74 Å². The summed E-state index contributed by atoms with van der Waals surface area (Å²) in [5.74, 6) is 4.99. The van der Waals surface area contributed by atoms with E-state index in [4.69, 9.17) is 9.72 Å². The van der Waals surface area contributed by atoms with Crippen molar-refractivity contribution in [2.45, 2.75) is 65.7 Å². The van der Waals surface area contributed by atoms with E-state index in [0.717, 1.165) is 46.9 Å². The minimum atomic E-state index is -0.110. The highest BCUT2D eigenvalue weighted by Crippen LogP contribution is 2.44. The quantitative estimate of drug-likeness (QED) is 0.379. The number of allylic oxidation sites excluding steroid dienone is 3. The Morgan fingerprint density at radius 3 is 2.58 bits per heavy atom. The first kappa shape index (κ1) is 23.7. The third-order valence-corrected chi connectivity index (χ3v) is 7.54. The minimum absolute atomic E-state index is 0.110. The molecule has 4 rings (SSSR count). The molecule has 2 unspecified atom stereocenters. The lowest BCUT2D eigenvalue weighted by Crippen LogP contribution is -2.22. The lowest BCUT2D eigenvalue weighted by atomic mass is 9.79. The zero-order valence-corrected chi connectivity index (χ0v) is 20.3. The molecular formula is C28H38FN3O. The molecule has 33 heavy (non-hydrogen) atoms. The summed E-state index contributed by atoms with van der Waals surface area (Å²) in [6.45, 7) is 6.72. The van der Waals surface area contributed by atoms with Crippen molar-refractivity contribution in [2.24, 2.45) is 23.7 Å². The molecule has 5 heteroatoms. The van der Waals surface area contributed by atoms with Crippen molar-refractivity contribution in [3.63, 3.8) is 0 Å². The van der Waals surface area contributed by atoms with Crippen molar-refractivity contribution in [2.75, 3.05) is 18.5 Å². The minimum Gasteiger partial charge on any atom is -0.462 e. The Bertz CT molecular complexity index is 994. The van der Waals surface area contributed by atoms with Crippen LogP contribution in [0.2, 0.25) is 0 Å². The van der Waals surface area contributed by atoms with Crippen LogP contribution in [0.3, 0.4) is 0 Å². The second-order valence-corrected chi connectivity index (χ2v) is 9.88. The first-order valence-corrected chi connectivity index (χ1v) is 12.6. The number of aromatic nitrogens is 2. The molecule has 0 radical (unpaired) electrons. The predicted octanol–water partition coefficient (Wildman–Crippen LogP) is 7.54. The van der Waals surface area contributed by atoms with Crippen LogP contribution in [-0.4, -0.2) is 23.2 Å². The van der Waals surface area contributed by atoms with Crippen molar-refractivity contribution >= 4 is 22.6 Å². The van der Waals surface area contributed by atoms with Gasteiger partial charge in [0, 0.05) is 23.7 Å². The van der Waals surface area contributed by atoms with Crippen LogP contribution in [0, 0.1) is 23.7 Å². The van der Waals surface area contributed by atoms with Gasteiger partial charge in [-0.15, -0.1) is 0 Å². The average molecular weight is 452 g/mol. The summed E-state index contributed by atoms with van der Waals surface area (Å²) in [7, 11) is 0.